The van der Waals surface area contributed by atoms with Crippen molar-refractivity contribution < 1.29 is 18.3 Å². The predicted octanol–water partition coefficient (Wildman–Crippen LogP) is 6.06. The SMILES string of the molecule is Cc1ccc(-c2cc(C(O)CNCCCCC3CCCC3)cc(C(F)(F)F)n2)cc1. The molecule has 6 heteroatoms. The fourth-order valence-electron chi connectivity index (χ4n) is 4.10. The van der Waals surface area contributed by atoms with Crippen LogP contribution < -0.4 is 5.32 Å². The Hall–Kier alpha value is -1.92. The molecule has 1 aromatic carbocycles. The fraction of sp³-hybridized carbons (Fsp3) is 0.542. The van der Waals surface area contributed by atoms with E-state index < -0.39 is 18.0 Å². The zero-order valence-corrected chi connectivity index (χ0v) is 17.5. The van der Waals surface area contributed by atoms with Crippen LogP contribution in [0.15, 0.2) is 36.4 Å². The highest BCUT2D eigenvalue weighted by atomic mass is 19.4. The minimum atomic E-state index is -4.57. The lowest BCUT2D eigenvalue weighted by atomic mass is 10.0. The van der Waals surface area contributed by atoms with Crippen molar-refractivity contribution in [2.75, 3.05) is 13.1 Å². The van der Waals surface area contributed by atoms with Gasteiger partial charge in [-0.2, -0.15) is 13.2 Å². The van der Waals surface area contributed by atoms with Crippen LogP contribution in [0.5, 0.6) is 0 Å². The highest BCUT2D eigenvalue weighted by Crippen LogP contribution is 2.32. The van der Waals surface area contributed by atoms with Gasteiger partial charge >= 0.3 is 6.18 Å². The van der Waals surface area contributed by atoms with Crippen molar-refractivity contribution >= 4 is 0 Å². The molecule has 1 atom stereocenters. The molecule has 0 spiro atoms. The molecule has 0 bridgehead atoms. The van der Waals surface area contributed by atoms with E-state index in [0.717, 1.165) is 36.9 Å². The van der Waals surface area contributed by atoms with Gasteiger partial charge < -0.3 is 10.4 Å². The second-order valence-electron chi connectivity index (χ2n) is 8.40. The van der Waals surface area contributed by atoms with Gasteiger partial charge in [0.1, 0.15) is 5.69 Å². The minimum Gasteiger partial charge on any atom is -0.387 e. The standard InChI is InChI=1S/C24H31F3N2O/c1-17-9-11-19(12-10-17)21-14-20(15-23(29-21)24(25,26)27)22(30)16-28-13-5-4-8-18-6-2-3-7-18/h9-12,14-15,18,22,28,30H,2-8,13,16H2,1H3. The molecule has 0 aliphatic heterocycles. The summed E-state index contributed by atoms with van der Waals surface area (Å²) in [5, 5.41) is 13.7. The van der Waals surface area contributed by atoms with Crippen molar-refractivity contribution in [3.63, 3.8) is 0 Å². The van der Waals surface area contributed by atoms with E-state index in [2.05, 4.69) is 10.3 Å². The van der Waals surface area contributed by atoms with E-state index in [4.69, 9.17) is 0 Å². The highest BCUT2D eigenvalue weighted by Gasteiger charge is 2.33. The molecular formula is C24H31F3N2O. The molecule has 1 unspecified atom stereocenters. The third kappa shape index (κ3) is 6.54. The van der Waals surface area contributed by atoms with E-state index >= 15 is 0 Å². The number of aliphatic hydroxyl groups is 1. The largest absolute Gasteiger partial charge is 0.433 e. The van der Waals surface area contributed by atoms with Gasteiger partial charge in [-0.1, -0.05) is 68.4 Å². The van der Waals surface area contributed by atoms with Crippen molar-refractivity contribution in [1.29, 1.82) is 0 Å². The molecule has 3 nitrogen and oxygen atoms in total. The van der Waals surface area contributed by atoms with Crippen LogP contribution in [0.3, 0.4) is 0 Å². The molecule has 164 valence electrons. The number of aromatic nitrogens is 1. The first-order valence-corrected chi connectivity index (χ1v) is 10.9. The first-order chi connectivity index (χ1) is 14.3. The van der Waals surface area contributed by atoms with E-state index in [-0.39, 0.29) is 17.8 Å². The van der Waals surface area contributed by atoms with Crippen molar-refractivity contribution in [2.24, 2.45) is 5.92 Å². The van der Waals surface area contributed by atoms with Gasteiger partial charge in [0.15, 0.2) is 0 Å². The lowest BCUT2D eigenvalue weighted by Crippen LogP contribution is -2.23. The van der Waals surface area contributed by atoms with E-state index in [1.165, 1.54) is 32.1 Å². The number of nitrogens with one attached hydrogen (secondary N) is 1. The molecule has 1 aromatic heterocycles. The summed E-state index contributed by atoms with van der Waals surface area (Å²) in [5.41, 5.74) is 1.08. The summed E-state index contributed by atoms with van der Waals surface area (Å²) in [6, 6.07) is 9.66. The van der Waals surface area contributed by atoms with Crippen molar-refractivity contribution in [3.8, 4) is 11.3 Å². The van der Waals surface area contributed by atoms with Gasteiger partial charge in [0.05, 0.1) is 11.8 Å². The maximum absolute atomic E-state index is 13.4. The molecule has 1 aliphatic carbocycles. The highest BCUT2D eigenvalue weighted by molar-refractivity contribution is 5.61. The summed E-state index contributed by atoms with van der Waals surface area (Å²) in [4.78, 5) is 3.79. The van der Waals surface area contributed by atoms with E-state index in [1.54, 1.807) is 18.2 Å². The molecule has 1 aliphatic rings. The van der Waals surface area contributed by atoms with Gasteiger partial charge in [0, 0.05) is 12.1 Å². The average Bonchev–Trinajstić information content (AvgIpc) is 3.23. The van der Waals surface area contributed by atoms with E-state index in [9.17, 15) is 18.3 Å². The number of aliphatic hydroxyl groups excluding tert-OH is 1. The van der Waals surface area contributed by atoms with Crippen molar-refractivity contribution in [1.82, 2.24) is 10.3 Å². The maximum atomic E-state index is 13.4. The summed E-state index contributed by atoms with van der Waals surface area (Å²) >= 11 is 0. The van der Waals surface area contributed by atoms with Gasteiger partial charge in [-0.05, 0) is 43.5 Å². The molecule has 0 amide bonds. The van der Waals surface area contributed by atoms with Gasteiger partial charge in [-0.15, -0.1) is 0 Å². The normalized spacial score (nSPS) is 16.2. The third-order valence-corrected chi connectivity index (χ3v) is 5.90. The minimum absolute atomic E-state index is 0.218. The zero-order valence-electron chi connectivity index (χ0n) is 17.5. The zero-order chi connectivity index (χ0) is 21.6. The number of hydrogen-bond acceptors (Lipinski definition) is 3. The Labute approximate surface area is 176 Å². The van der Waals surface area contributed by atoms with E-state index in [1.807, 2.05) is 19.1 Å². The second-order valence-corrected chi connectivity index (χ2v) is 8.40. The van der Waals surface area contributed by atoms with Gasteiger partial charge in [-0.25, -0.2) is 4.98 Å². The molecule has 2 N–H and O–H groups in total. The van der Waals surface area contributed by atoms with Crippen molar-refractivity contribution in [3.05, 3.63) is 53.2 Å². The predicted molar refractivity (Wildman–Crippen MR) is 113 cm³/mol. The summed E-state index contributed by atoms with van der Waals surface area (Å²) < 4.78 is 40.1. The fourth-order valence-corrected chi connectivity index (χ4v) is 4.10. The lowest BCUT2D eigenvalue weighted by molar-refractivity contribution is -0.141. The molecule has 1 saturated carbocycles. The maximum Gasteiger partial charge on any atom is 0.433 e. The number of unbranched alkanes of at least 4 members (excludes halogenated alkanes) is 1. The second kappa shape index (κ2) is 10.4. The molecule has 2 aromatic rings. The average molecular weight is 421 g/mol. The number of pyridine rings is 1. The van der Waals surface area contributed by atoms with Gasteiger partial charge in [-0.3, -0.25) is 0 Å². The summed E-state index contributed by atoms with van der Waals surface area (Å²) in [7, 11) is 0. The van der Waals surface area contributed by atoms with Crippen molar-refractivity contribution in [2.45, 2.75) is 64.1 Å². The van der Waals surface area contributed by atoms with Crippen LogP contribution in [-0.4, -0.2) is 23.2 Å². The Morgan fingerprint density at radius 3 is 2.47 bits per heavy atom. The monoisotopic (exact) mass is 420 g/mol. The Bertz CT molecular complexity index is 799. The molecule has 3 rings (SSSR count). The number of rotatable bonds is 9. The molecule has 0 saturated heterocycles. The summed E-state index contributed by atoms with van der Waals surface area (Å²) in [6.45, 7) is 2.89. The smallest absolute Gasteiger partial charge is 0.387 e. The van der Waals surface area contributed by atoms with Gasteiger partial charge in [0.25, 0.3) is 0 Å². The molecule has 1 heterocycles. The van der Waals surface area contributed by atoms with Gasteiger partial charge in [0.2, 0.25) is 0 Å². The first kappa shape index (κ1) is 22.8. The Morgan fingerprint density at radius 2 is 1.80 bits per heavy atom. The Balaban J connectivity index is 1.60. The lowest BCUT2D eigenvalue weighted by Gasteiger charge is -2.16. The molecule has 1 fully saturated rings. The first-order valence-electron chi connectivity index (χ1n) is 10.9. The van der Waals surface area contributed by atoms with Crippen LogP contribution in [0.1, 0.15) is 67.9 Å². The number of halogens is 3. The number of nitrogens with zero attached hydrogens (tertiary/aromatic N) is 1. The number of benzene rings is 1. The van der Waals surface area contributed by atoms with Crippen LogP contribution in [-0.2, 0) is 6.18 Å². The molecule has 30 heavy (non-hydrogen) atoms. The van der Waals surface area contributed by atoms with Crippen LogP contribution >= 0.6 is 0 Å². The molecule has 0 radical (unpaired) electrons. The number of alkyl halides is 3. The van der Waals surface area contributed by atoms with Crippen LogP contribution in [0.2, 0.25) is 0 Å². The van der Waals surface area contributed by atoms with Crippen LogP contribution in [0.4, 0.5) is 13.2 Å². The van der Waals surface area contributed by atoms with Crippen LogP contribution in [0, 0.1) is 12.8 Å². The Kier molecular flexibility index (Phi) is 7.89. The number of hydrogen-bond donors (Lipinski definition) is 2. The third-order valence-electron chi connectivity index (χ3n) is 5.90. The quantitative estimate of drug-likeness (QED) is 0.485. The number of aryl methyl sites for hydroxylation is 1. The van der Waals surface area contributed by atoms with E-state index in [0.29, 0.717) is 5.56 Å². The van der Waals surface area contributed by atoms with Crippen LogP contribution in [0.25, 0.3) is 11.3 Å². The Morgan fingerprint density at radius 1 is 1.10 bits per heavy atom. The summed E-state index contributed by atoms with van der Waals surface area (Å²) in [6.07, 6.45) is 3.23. The molecular weight excluding hydrogens is 389 g/mol. The summed E-state index contributed by atoms with van der Waals surface area (Å²) in [5.74, 6) is 0.869. The topological polar surface area (TPSA) is 45.1 Å².